The molecule has 0 aromatic rings. The second-order valence-corrected chi connectivity index (χ2v) is 5.11. The Hall–Kier alpha value is -1.43. The van der Waals surface area contributed by atoms with Gasteiger partial charge in [-0.1, -0.05) is 6.92 Å². The molecule has 0 aromatic heterocycles. The first-order valence-corrected chi connectivity index (χ1v) is 6.48. The molecular formula is C12H20N4O2. The van der Waals surface area contributed by atoms with Crippen molar-refractivity contribution in [1.29, 1.82) is 0 Å². The highest BCUT2D eigenvalue weighted by Crippen LogP contribution is 2.22. The first-order chi connectivity index (χ1) is 8.61. The van der Waals surface area contributed by atoms with Crippen molar-refractivity contribution in [2.45, 2.75) is 38.6 Å². The summed E-state index contributed by atoms with van der Waals surface area (Å²) in [4.78, 5) is 25.1. The number of rotatable bonds is 2. The fourth-order valence-electron chi connectivity index (χ4n) is 2.54. The van der Waals surface area contributed by atoms with Gasteiger partial charge in [0.1, 0.15) is 5.71 Å². The maximum absolute atomic E-state index is 12.3. The topological polar surface area (TPSA) is 87.8 Å². The Balaban J connectivity index is 2.05. The summed E-state index contributed by atoms with van der Waals surface area (Å²) >= 11 is 0. The van der Waals surface area contributed by atoms with Crippen LogP contribution in [0.15, 0.2) is 5.10 Å². The highest BCUT2D eigenvalue weighted by atomic mass is 16.2. The highest BCUT2D eigenvalue weighted by Gasteiger charge is 2.32. The molecule has 0 spiro atoms. The van der Waals surface area contributed by atoms with Gasteiger partial charge >= 0.3 is 0 Å². The highest BCUT2D eigenvalue weighted by molar-refractivity contribution is 6.39. The third kappa shape index (κ3) is 2.69. The molecule has 2 amide bonds. The molecule has 2 aliphatic heterocycles. The molecule has 18 heavy (non-hydrogen) atoms. The van der Waals surface area contributed by atoms with Crippen LogP contribution in [0.1, 0.15) is 32.6 Å². The van der Waals surface area contributed by atoms with Crippen LogP contribution in [-0.4, -0.2) is 41.6 Å². The molecule has 3 N–H and O–H groups in total. The standard InChI is InChI=1S/C12H20N4O2/c1-8-4-5-16(9(6-8)7-13)12(18)10-2-3-11(17)15-14-10/h8-9H,2-7,13H2,1H3,(H,15,17). The molecule has 2 atom stereocenters. The predicted octanol–water partition coefficient (Wildman–Crippen LogP) is -0.162. The number of piperidine rings is 1. The van der Waals surface area contributed by atoms with E-state index in [1.54, 1.807) is 0 Å². The largest absolute Gasteiger partial charge is 0.333 e. The van der Waals surface area contributed by atoms with Gasteiger partial charge < -0.3 is 10.6 Å². The van der Waals surface area contributed by atoms with Crippen LogP contribution in [0, 0.1) is 5.92 Å². The molecule has 1 saturated heterocycles. The van der Waals surface area contributed by atoms with Crippen molar-refractivity contribution < 1.29 is 9.59 Å². The van der Waals surface area contributed by atoms with Crippen molar-refractivity contribution in [2.24, 2.45) is 16.8 Å². The van der Waals surface area contributed by atoms with Crippen molar-refractivity contribution >= 4 is 17.5 Å². The van der Waals surface area contributed by atoms with Crippen LogP contribution in [0.3, 0.4) is 0 Å². The van der Waals surface area contributed by atoms with E-state index < -0.39 is 0 Å². The number of carbonyl (C=O) groups excluding carboxylic acids is 2. The Morgan fingerprint density at radius 1 is 1.56 bits per heavy atom. The van der Waals surface area contributed by atoms with E-state index in [1.807, 2.05) is 4.90 Å². The summed E-state index contributed by atoms with van der Waals surface area (Å²) in [5, 5.41) is 3.86. The van der Waals surface area contributed by atoms with Crippen LogP contribution in [0.25, 0.3) is 0 Å². The van der Waals surface area contributed by atoms with E-state index in [4.69, 9.17) is 5.73 Å². The van der Waals surface area contributed by atoms with E-state index in [-0.39, 0.29) is 17.9 Å². The molecular weight excluding hydrogens is 232 g/mol. The van der Waals surface area contributed by atoms with Crippen LogP contribution < -0.4 is 11.2 Å². The Morgan fingerprint density at radius 3 is 2.94 bits per heavy atom. The predicted molar refractivity (Wildman–Crippen MR) is 67.8 cm³/mol. The van der Waals surface area contributed by atoms with Gasteiger partial charge in [-0.3, -0.25) is 9.59 Å². The molecule has 1 fully saturated rings. The van der Waals surface area contributed by atoms with Gasteiger partial charge in [0.15, 0.2) is 0 Å². The average Bonchev–Trinajstić information content (AvgIpc) is 2.38. The molecule has 6 nitrogen and oxygen atoms in total. The number of hydrogen-bond acceptors (Lipinski definition) is 4. The Labute approximate surface area is 107 Å². The summed E-state index contributed by atoms with van der Waals surface area (Å²) in [6, 6.07) is 0.0987. The van der Waals surface area contributed by atoms with Gasteiger partial charge in [-0.25, -0.2) is 5.43 Å². The van der Waals surface area contributed by atoms with Crippen molar-refractivity contribution in [3.8, 4) is 0 Å². The monoisotopic (exact) mass is 252 g/mol. The molecule has 0 aromatic carbocycles. The van der Waals surface area contributed by atoms with Crippen LogP contribution >= 0.6 is 0 Å². The molecule has 100 valence electrons. The summed E-state index contributed by atoms with van der Waals surface area (Å²) in [6.07, 6.45) is 2.71. The Kier molecular flexibility index (Phi) is 3.96. The third-order valence-corrected chi connectivity index (χ3v) is 3.66. The first kappa shape index (κ1) is 13.0. The molecule has 2 unspecified atom stereocenters. The van der Waals surface area contributed by atoms with Gasteiger partial charge in [0.05, 0.1) is 0 Å². The van der Waals surface area contributed by atoms with E-state index in [1.165, 1.54) is 0 Å². The zero-order chi connectivity index (χ0) is 13.1. The number of nitrogens with zero attached hydrogens (tertiary/aromatic N) is 2. The summed E-state index contributed by atoms with van der Waals surface area (Å²) in [5.41, 5.74) is 8.55. The lowest BCUT2D eigenvalue weighted by Gasteiger charge is -2.38. The summed E-state index contributed by atoms with van der Waals surface area (Å²) < 4.78 is 0. The molecule has 0 radical (unpaired) electrons. The lowest BCUT2D eigenvalue weighted by molar-refractivity contribution is -0.128. The minimum absolute atomic E-state index is 0.0719. The van der Waals surface area contributed by atoms with Gasteiger partial charge in [0, 0.05) is 32.0 Å². The number of likely N-dealkylation sites (tertiary alicyclic amines) is 1. The average molecular weight is 252 g/mol. The van der Waals surface area contributed by atoms with E-state index in [9.17, 15) is 9.59 Å². The normalized spacial score (nSPS) is 28.7. The zero-order valence-corrected chi connectivity index (χ0v) is 10.7. The number of nitrogens with one attached hydrogen (secondary N) is 1. The quantitative estimate of drug-likeness (QED) is 0.715. The summed E-state index contributed by atoms with van der Waals surface area (Å²) in [7, 11) is 0. The van der Waals surface area contributed by atoms with Gasteiger partial charge in [-0.2, -0.15) is 5.10 Å². The maximum atomic E-state index is 12.3. The SMILES string of the molecule is CC1CCN(C(=O)C2=NNC(=O)CC2)C(CN)C1. The van der Waals surface area contributed by atoms with E-state index in [0.29, 0.717) is 31.0 Å². The van der Waals surface area contributed by atoms with Gasteiger partial charge in [-0.05, 0) is 18.8 Å². The first-order valence-electron chi connectivity index (χ1n) is 6.48. The van der Waals surface area contributed by atoms with E-state index in [0.717, 1.165) is 19.4 Å². The molecule has 0 aliphatic carbocycles. The van der Waals surface area contributed by atoms with Crippen molar-refractivity contribution in [1.82, 2.24) is 10.3 Å². The number of nitrogens with two attached hydrogens (primary N) is 1. The van der Waals surface area contributed by atoms with Crippen LogP contribution in [0.2, 0.25) is 0 Å². The summed E-state index contributed by atoms with van der Waals surface area (Å²) in [6.45, 7) is 3.40. The van der Waals surface area contributed by atoms with E-state index >= 15 is 0 Å². The minimum atomic E-state index is -0.130. The van der Waals surface area contributed by atoms with E-state index in [2.05, 4.69) is 17.5 Å². The fraction of sp³-hybridized carbons (Fsp3) is 0.750. The Morgan fingerprint density at radius 2 is 2.33 bits per heavy atom. The van der Waals surface area contributed by atoms with Crippen molar-refractivity contribution in [3.05, 3.63) is 0 Å². The number of amides is 2. The van der Waals surface area contributed by atoms with Crippen molar-refractivity contribution in [3.63, 3.8) is 0 Å². The Bertz CT molecular complexity index is 380. The molecule has 2 heterocycles. The number of hydrogen-bond donors (Lipinski definition) is 2. The zero-order valence-electron chi connectivity index (χ0n) is 10.7. The molecule has 2 rings (SSSR count). The minimum Gasteiger partial charge on any atom is -0.333 e. The fourth-order valence-corrected chi connectivity index (χ4v) is 2.54. The van der Waals surface area contributed by atoms with Crippen molar-refractivity contribution in [2.75, 3.05) is 13.1 Å². The van der Waals surface area contributed by atoms with Gasteiger partial charge in [0.25, 0.3) is 5.91 Å². The van der Waals surface area contributed by atoms with Crippen LogP contribution in [-0.2, 0) is 9.59 Å². The maximum Gasteiger partial charge on any atom is 0.270 e. The second kappa shape index (κ2) is 5.48. The van der Waals surface area contributed by atoms with Crippen LogP contribution in [0.5, 0.6) is 0 Å². The molecule has 6 heteroatoms. The third-order valence-electron chi connectivity index (χ3n) is 3.66. The molecule has 2 aliphatic rings. The smallest absolute Gasteiger partial charge is 0.270 e. The molecule has 0 bridgehead atoms. The summed E-state index contributed by atoms with van der Waals surface area (Å²) in [5.74, 6) is 0.405. The van der Waals surface area contributed by atoms with Gasteiger partial charge in [-0.15, -0.1) is 0 Å². The lowest BCUT2D eigenvalue weighted by Crippen LogP contribution is -2.52. The second-order valence-electron chi connectivity index (χ2n) is 5.11. The molecule has 0 saturated carbocycles. The lowest BCUT2D eigenvalue weighted by atomic mass is 9.92. The van der Waals surface area contributed by atoms with Crippen LogP contribution in [0.4, 0.5) is 0 Å². The number of carbonyl (C=O) groups is 2. The van der Waals surface area contributed by atoms with Gasteiger partial charge in [0.2, 0.25) is 5.91 Å². The number of hydrazone groups is 1.